The molecule has 0 aliphatic rings. The van der Waals surface area contributed by atoms with E-state index in [1.54, 1.807) is 13.4 Å². The SMILES string of the molecule is CNc1nc(NC(C)Cc2ccccc2)c2[nH]cnc2n1. The summed E-state index contributed by atoms with van der Waals surface area (Å²) in [4.78, 5) is 16.0. The van der Waals surface area contributed by atoms with Crippen LogP contribution in [0.3, 0.4) is 0 Å². The largest absolute Gasteiger partial charge is 0.365 e. The van der Waals surface area contributed by atoms with Crippen LogP contribution in [0.15, 0.2) is 36.7 Å². The number of nitrogens with one attached hydrogen (secondary N) is 3. The minimum absolute atomic E-state index is 0.249. The van der Waals surface area contributed by atoms with Gasteiger partial charge in [-0.3, -0.25) is 0 Å². The third-order valence-electron chi connectivity index (χ3n) is 3.28. The maximum Gasteiger partial charge on any atom is 0.226 e. The smallest absolute Gasteiger partial charge is 0.226 e. The topological polar surface area (TPSA) is 78.5 Å². The van der Waals surface area contributed by atoms with E-state index < -0.39 is 0 Å². The Morgan fingerprint density at radius 2 is 2.00 bits per heavy atom. The normalized spacial score (nSPS) is 12.3. The Bertz CT molecular complexity index is 721. The van der Waals surface area contributed by atoms with Gasteiger partial charge in [-0.05, 0) is 18.9 Å². The molecule has 3 aromatic rings. The van der Waals surface area contributed by atoms with Crippen molar-refractivity contribution in [1.29, 1.82) is 0 Å². The Labute approximate surface area is 123 Å². The van der Waals surface area contributed by atoms with E-state index in [4.69, 9.17) is 0 Å². The molecular formula is C15H18N6. The fraction of sp³-hybridized carbons (Fsp3) is 0.267. The molecule has 0 aliphatic heterocycles. The number of aromatic nitrogens is 4. The third kappa shape index (κ3) is 2.94. The van der Waals surface area contributed by atoms with Crippen LogP contribution in [0, 0.1) is 0 Å². The first-order chi connectivity index (χ1) is 10.3. The Kier molecular flexibility index (Phi) is 3.68. The summed E-state index contributed by atoms with van der Waals surface area (Å²) in [6.45, 7) is 2.14. The molecule has 0 spiro atoms. The van der Waals surface area contributed by atoms with Crippen LogP contribution in [0.2, 0.25) is 0 Å². The van der Waals surface area contributed by atoms with Crippen LogP contribution >= 0.6 is 0 Å². The molecule has 0 amide bonds. The highest BCUT2D eigenvalue weighted by Crippen LogP contribution is 2.19. The van der Waals surface area contributed by atoms with Gasteiger partial charge in [0.2, 0.25) is 5.95 Å². The van der Waals surface area contributed by atoms with Crippen molar-refractivity contribution in [2.75, 3.05) is 17.7 Å². The van der Waals surface area contributed by atoms with Crippen molar-refractivity contribution >= 4 is 22.9 Å². The second-order valence-corrected chi connectivity index (χ2v) is 4.98. The second kappa shape index (κ2) is 5.78. The van der Waals surface area contributed by atoms with E-state index in [9.17, 15) is 0 Å². The molecule has 1 unspecified atom stereocenters. The molecule has 0 aliphatic carbocycles. The van der Waals surface area contributed by atoms with Crippen LogP contribution in [0.5, 0.6) is 0 Å². The fourth-order valence-corrected chi connectivity index (χ4v) is 2.30. The molecule has 0 radical (unpaired) electrons. The number of imidazole rings is 1. The van der Waals surface area contributed by atoms with Gasteiger partial charge in [-0.1, -0.05) is 30.3 Å². The quantitative estimate of drug-likeness (QED) is 0.670. The number of anilines is 2. The van der Waals surface area contributed by atoms with E-state index in [1.165, 1.54) is 5.56 Å². The van der Waals surface area contributed by atoms with E-state index in [-0.39, 0.29) is 6.04 Å². The number of hydrogen-bond donors (Lipinski definition) is 3. The van der Waals surface area contributed by atoms with Gasteiger partial charge in [-0.15, -0.1) is 0 Å². The van der Waals surface area contributed by atoms with Gasteiger partial charge < -0.3 is 15.6 Å². The molecule has 108 valence electrons. The molecule has 1 atom stereocenters. The van der Waals surface area contributed by atoms with Gasteiger partial charge in [0, 0.05) is 13.1 Å². The van der Waals surface area contributed by atoms with Crippen molar-refractivity contribution in [3.05, 3.63) is 42.2 Å². The summed E-state index contributed by atoms with van der Waals surface area (Å²) in [6, 6.07) is 10.6. The molecule has 21 heavy (non-hydrogen) atoms. The number of fused-ring (bicyclic) bond motifs is 1. The standard InChI is InChI=1S/C15H18N6/c1-10(8-11-6-4-3-5-7-11)19-14-12-13(18-9-17-12)20-15(16-2)21-14/h3-7,9-10H,8H2,1-2H3,(H3,16,17,18,19,20,21). The van der Waals surface area contributed by atoms with Gasteiger partial charge in [0.1, 0.15) is 5.52 Å². The summed E-state index contributed by atoms with van der Waals surface area (Å²) in [5.74, 6) is 1.33. The van der Waals surface area contributed by atoms with Crippen LogP contribution in [0.1, 0.15) is 12.5 Å². The number of nitrogens with zero attached hydrogens (tertiary/aromatic N) is 3. The Morgan fingerprint density at radius 3 is 2.76 bits per heavy atom. The monoisotopic (exact) mass is 282 g/mol. The average molecular weight is 282 g/mol. The number of hydrogen-bond acceptors (Lipinski definition) is 5. The zero-order valence-electron chi connectivity index (χ0n) is 12.1. The lowest BCUT2D eigenvalue weighted by Crippen LogP contribution is -2.19. The molecule has 0 saturated carbocycles. The average Bonchev–Trinajstić information content (AvgIpc) is 2.96. The number of aromatic amines is 1. The van der Waals surface area contributed by atoms with Gasteiger partial charge >= 0.3 is 0 Å². The number of benzene rings is 1. The van der Waals surface area contributed by atoms with Crippen LogP contribution < -0.4 is 10.6 Å². The van der Waals surface area contributed by atoms with E-state index in [1.807, 2.05) is 6.07 Å². The molecule has 3 N–H and O–H groups in total. The van der Waals surface area contributed by atoms with Crippen LogP contribution in [0.25, 0.3) is 11.2 Å². The maximum absolute atomic E-state index is 4.47. The summed E-state index contributed by atoms with van der Waals surface area (Å²) in [5, 5.41) is 6.39. The number of rotatable bonds is 5. The zero-order valence-corrected chi connectivity index (χ0v) is 12.1. The maximum atomic E-state index is 4.47. The summed E-state index contributed by atoms with van der Waals surface area (Å²) in [5.41, 5.74) is 2.78. The van der Waals surface area contributed by atoms with Gasteiger partial charge in [-0.25, -0.2) is 4.98 Å². The highest BCUT2D eigenvalue weighted by Gasteiger charge is 2.12. The van der Waals surface area contributed by atoms with Gasteiger partial charge in [0.15, 0.2) is 11.5 Å². The highest BCUT2D eigenvalue weighted by atomic mass is 15.2. The molecule has 0 bridgehead atoms. The minimum Gasteiger partial charge on any atom is -0.365 e. The molecule has 0 fully saturated rings. The minimum atomic E-state index is 0.249. The molecular weight excluding hydrogens is 264 g/mol. The van der Waals surface area contributed by atoms with Crippen molar-refractivity contribution in [2.24, 2.45) is 0 Å². The fourth-order valence-electron chi connectivity index (χ4n) is 2.30. The van der Waals surface area contributed by atoms with E-state index >= 15 is 0 Å². The van der Waals surface area contributed by atoms with E-state index in [2.05, 4.69) is 61.8 Å². The van der Waals surface area contributed by atoms with Gasteiger partial charge in [0.25, 0.3) is 0 Å². The second-order valence-electron chi connectivity index (χ2n) is 4.98. The Morgan fingerprint density at radius 1 is 1.19 bits per heavy atom. The van der Waals surface area contributed by atoms with Gasteiger partial charge in [-0.2, -0.15) is 9.97 Å². The van der Waals surface area contributed by atoms with Crippen molar-refractivity contribution < 1.29 is 0 Å². The zero-order chi connectivity index (χ0) is 14.7. The summed E-state index contributed by atoms with van der Waals surface area (Å²) < 4.78 is 0. The lowest BCUT2D eigenvalue weighted by Gasteiger charge is -2.15. The van der Waals surface area contributed by atoms with Crippen molar-refractivity contribution in [1.82, 2.24) is 19.9 Å². The number of H-pyrrole nitrogens is 1. The van der Waals surface area contributed by atoms with Crippen molar-refractivity contribution in [2.45, 2.75) is 19.4 Å². The first-order valence-electron chi connectivity index (χ1n) is 6.95. The summed E-state index contributed by atoms with van der Waals surface area (Å²) in [6.07, 6.45) is 2.56. The van der Waals surface area contributed by atoms with Crippen molar-refractivity contribution in [3.63, 3.8) is 0 Å². The molecule has 3 rings (SSSR count). The predicted octanol–water partition coefficient (Wildman–Crippen LogP) is 2.44. The molecule has 1 aromatic carbocycles. The first-order valence-corrected chi connectivity index (χ1v) is 6.95. The predicted molar refractivity (Wildman–Crippen MR) is 84.5 cm³/mol. The lowest BCUT2D eigenvalue weighted by atomic mass is 10.1. The third-order valence-corrected chi connectivity index (χ3v) is 3.28. The Balaban J connectivity index is 1.82. The lowest BCUT2D eigenvalue weighted by molar-refractivity contribution is 0.785. The van der Waals surface area contributed by atoms with Gasteiger partial charge in [0.05, 0.1) is 6.33 Å². The summed E-state index contributed by atoms with van der Waals surface area (Å²) >= 11 is 0. The highest BCUT2D eigenvalue weighted by molar-refractivity contribution is 5.83. The molecule has 6 nitrogen and oxygen atoms in total. The molecule has 6 heteroatoms. The van der Waals surface area contributed by atoms with Crippen LogP contribution in [-0.4, -0.2) is 33.0 Å². The van der Waals surface area contributed by atoms with Crippen molar-refractivity contribution in [3.8, 4) is 0 Å². The first kappa shape index (κ1) is 13.4. The van der Waals surface area contributed by atoms with Crippen LogP contribution in [-0.2, 0) is 6.42 Å². The summed E-state index contributed by atoms with van der Waals surface area (Å²) in [7, 11) is 1.80. The molecule has 2 aromatic heterocycles. The Hall–Kier alpha value is -2.63. The van der Waals surface area contributed by atoms with Crippen LogP contribution in [0.4, 0.5) is 11.8 Å². The van der Waals surface area contributed by atoms with E-state index in [0.29, 0.717) is 11.6 Å². The molecule has 2 heterocycles. The molecule has 0 saturated heterocycles. The van der Waals surface area contributed by atoms with E-state index in [0.717, 1.165) is 17.8 Å².